The third kappa shape index (κ3) is 75.3. The van der Waals surface area contributed by atoms with Crippen LogP contribution in [0.2, 0.25) is 0 Å². The van der Waals surface area contributed by atoms with Gasteiger partial charge in [0.1, 0.15) is 0 Å². The quantitative estimate of drug-likeness (QED) is 0.625. The fraction of sp³-hybridized carbons (Fsp3) is 1.00. The minimum atomic E-state index is 0.122. The zero-order valence-corrected chi connectivity index (χ0v) is 7.27. The third-order valence-corrected chi connectivity index (χ3v) is 0.295. The summed E-state index contributed by atoms with van der Waals surface area (Å²) in [6, 6.07) is 0. The fourth-order valence-electron chi connectivity index (χ4n) is 0.0913. The molecule has 0 saturated carbocycles. The fourth-order valence-corrected chi connectivity index (χ4v) is 0.0913. The lowest BCUT2D eigenvalue weighted by molar-refractivity contribution is 0.135. The summed E-state index contributed by atoms with van der Waals surface area (Å²) in [4.78, 5) is 0. The van der Waals surface area contributed by atoms with Gasteiger partial charge in [-0.05, 0) is 0 Å². The summed E-state index contributed by atoms with van der Waals surface area (Å²) in [5.41, 5.74) is 0. The van der Waals surface area contributed by atoms with E-state index in [1.165, 1.54) is 0 Å². The van der Waals surface area contributed by atoms with E-state index in [2.05, 4.69) is 4.74 Å². The molecule has 0 aromatic heterocycles. The van der Waals surface area contributed by atoms with Crippen LogP contribution in [-0.2, 0) is 4.74 Å². The predicted octanol–water partition coefficient (Wildman–Crippen LogP) is 1.68. The van der Waals surface area contributed by atoms with Crippen LogP contribution in [0.15, 0.2) is 0 Å². The normalized spacial score (nSPS) is 6.00. The van der Waals surface area contributed by atoms with Crippen molar-refractivity contribution < 1.29 is 9.84 Å². The van der Waals surface area contributed by atoms with Crippen molar-refractivity contribution in [3.63, 3.8) is 0 Å². The Morgan fingerprint density at radius 1 is 1.11 bits per heavy atom. The van der Waals surface area contributed by atoms with Crippen molar-refractivity contribution >= 4 is 0 Å². The van der Waals surface area contributed by atoms with E-state index in [1.54, 1.807) is 7.11 Å². The van der Waals surface area contributed by atoms with Crippen molar-refractivity contribution in [2.24, 2.45) is 0 Å². The molecule has 2 nitrogen and oxygen atoms in total. The highest BCUT2D eigenvalue weighted by atomic mass is 16.5. The highest BCUT2D eigenvalue weighted by Gasteiger charge is 1.67. The minimum Gasteiger partial charge on any atom is -0.394 e. The van der Waals surface area contributed by atoms with Crippen LogP contribution in [0, 0.1) is 0 Å². The third-order valence-electron chi connectivity index (χ3n) is 0.295. The van der Waals surface area contributed by atoms with Gasteiger partial charge in [0, 0.05) is 7.11 Å². The van der Waals surface area contributed by atoms with Gasteiger partial charge in [-0.2, -0.15) is 0 Å². The number of aliphatic hydroxyl groups is 1. The van der Waals surface area contributed by atoms with Crippen molar-refractivity contribution in [1.82, 2.24) is 0 Å². The molecule has 9 heavy (non-hydrogen) atoms. The van der Waals surface area contributed by atoms with Gasteiger partial charge in [-0.3, -0.25) is 0 Å². The number of methoxy groups -OCH3 is 1. The molecule has 0 saturated heterocycles. The first-order chi connectivity index (χ1) is 4.41. The van der Waals surface area contributed by atoms with E-state index in [9.17, 15) is 0 Å². The number of ether oxygens (including phenoxy) is 1. The molecule has 60 valence electrons. The molecule has 1 N–H and O–H groups in total. The molecule has 0 unspecified atom stereocenters. The van der Waals surface area contributed by atoms with Crippen LogP contribution in [0.1, 0.15) is 27.7 Å². The molecular weight excluding hydrogens is 116 g/mol. The Balaban J connectivity index is -0.0000000771. The summed E-state index contributed by atoms with van der Waals surface area (Å²) in [5.74, 6) is 0. The summed E-state index contributed by atoms with van der Waals surface area (Å²) in [6.07, 6.45) is 0. The average molecular weight is 136 g/mol. The molecule has 0 aromatic rings. The molecule has 0 aliphatic heterocycles. The van der Waals surface area contributed by atoms with Crippen LogP contribution in [0.5, 0.6) is 0 Å². The molecule has 2 heteroatoms. The number of rotatable bonds is 2. The molecule has 0 bridgehead atoms. The van der Waals surface area contributed by atoms with Gasteiger partial charge in [0.25, 0.3) is 0 Å². The Hall–Kier alpha value is -0.0800. The number of aliphatic hydroxyl groups excluding tert-OH is 1. The van der Waals surface area contributed by atoms with E-state index < -0.39 is 0 Å². The molecule has 0 spiro atoms. The van der Waals surface area contributed by atoms with Gasteiger partial charge in [0.2, 0.25) is 0 Å². The van der Waals surface area contributed by atoms with Crippen molar-refractivity contribution in [2.45, 2.75) is 27.7 Å². The van der Waals surface area contributed by atoms with Crippen molar-refractivity contribution in [3.8, 4) is 0 Å². The summed E-state index contributed by atoms with van der Waals surface area (Å²) >= 11 is 0. The summed E-state index contributed by atoms with van der Waals surface area (Å²) in [6.45, 7) is 8.57. The zero-order valence-electron chi connectivity index (χ0n) is 7.27. The first-order valence-electron chi connectivity index (χ1n) is 3.51. The molecule has 0 amide bonds. The maximum absolute atomic E-state index is 7.94. The van der Waals surface area contributed by atoms with E-state index in [4.69, 9.17) is 5.11 Å². The summed E-state index contributed by atoms with van der Waals surface area (Å²) < 4.78 is 4.44. The smallest absolute Gasteiger partial charge is 0.0693 e. The number of hydrogen-bond donors (Lipinski definition) is 1. The van der Waals surface area contributed by atoms with E-state index in [0.717, 1.165) is 0 Å². The maximum Gasteiger partial charge on any atom is 0.0693 e. The molecule has 0 aromatic carbocycles. The van der Waals surface area contributed by atoms with Crippen LogP contribution < -0.4 is 0 Å². The molecule has 0 atom stereocenters. The van der Waals surface area contributed by atoms with Gasteiger partial charge in [0.05, 0.1) is 13.2 Å². The topological polar surface area (TPSA) is 29.5 Å². The lowest BCUT2D eigenvalue weighted by Gasteiger charge is -1.84. The molecule has 0 radical (unpaired) electrons. The van der Waals surface area contributed by atoms with Crippen LogP contribution in [0.3, 0.4) is 0 Å². The van der Waals surface area contributed by atoms with Gasteiger partial charge in [0.15, 0.2) is 0 Å². The Kier molecular flexibility index (Phi) is 78.9. The summed E-state index contributed by atoms with van der Waals surface area (Å²) in [5, 5.41) is 7.94. The van der Waals surface area contributed by atoms with E-state index in [0.29, 0.717) is 6.61 Å². The van der Waals surface area contributed by atoms with Gasteiger partial charge in [-0.15, -0.1) is 0 Å². The highest BCUT2D eigenvalue weighted by molar-refractivity contribution is 4.12. The SMILES string of the molecule is CC.CC.COCCO. The molecule has 0 aliphatic carbocycles. The molecule has 0 aliphatic rings. The lowest BCUT2D eigenvalue weighted by atomic mass is 10.8. The first kappa shape index (κ1) is 16.0. The van der Waals surface area contributed by atoms with Crippen LogP contribution in [-0.4, -0.2) is 25.4 Å². The maximum atomic E-state index is 7.94. The largest absolute Gasteiger partial charge is 0.394 e. The van der Waals surface area contributed by atoms with Crippen LogP contribution >= 0.6 is 0 Å². The Bertz CT molecular complexity index is 14.4. The molecule has 0 rings (SSSR count). The summed E-state index contributed by atoms with van der Waals surface area (Å²) in [7, 11) is 1.55. The zero-order chi connectivity index (χ0) is 8.12. The second-order valence-electron chi connectivity index (χ2n) is 0.716. The lowest BCUT2D eigenvalue weighted by Crippen LogP contribution is -1.91. The van der Waals surface area contributed by atoms with Crippen molar-refractivity contribution in [2.75, 3.05) is 20.3 Å². The molecule has 0 fully saturated rings. The first-order valence-corrected chi connectivity index (χ1v) is 3.51. The highest BCUT2D eigenvalue weighted by Crippen LogP contribution is 1.56. The second kappa shape index (κ2) is 44.5. The van der Waals surface area contributed by atoms with E-state index in [-0.39, 0.29) is 6.61 Å². The van der Waals surface area contributed by atoms with Crippen molar-refractivity contribution in [3.05, 3.63) is 0 Å². The standard InChI is InChI=1S/C3H8O2.2C2H6/c1-5-3-2-4;2*1-2/h4H,2-3H2,1H3;2*1-2H3. The Morgan fingerprint density at radius 3 is 1.44 bits per heavy atom. The molecular formula is C7H20O2. The van der Waals surface area contributed by atoms with Gasteiger partial charge >= 0.3 is 0 Å². The van der Waals surface area contributed by atoms with Gasteiger partial charge < -0.3 is 9.84 Å². The van der Waals surface area contributed by atoms with E-state index >= 15 is 0 Å². The van der Waals surface area contributed by atoms with Gasteiger partial charge in [-0.1, -0.05) is 27.7 Å². The predicted molar refractivity (Wildman–Crippen MR) is 41.7 cm³/mol. The van der Waals surface area contributed by atoms with Gasteiger partial charge in [-0.25, -0.2) is 0 Å². The molecule has 0 heterocycles. The van der Waals surface area contributed by atoms with E-state index in [1.807, 2.05) is 27.7 Å². The minimum absolute atomic E-state index is 0.122. The Labute approximate surface area is 58.8 Å². The monoisotopic (exact) mass is 136 g/mol. The van der Waals surface area contributed by atoms with Crippen LogP contribution in [0.25, 0.3) is 0 Å². The second-order valence-corrected chi connectivity index (χ2v) is 0.716. The van der Waals surface area contributed by atoms with Crippen LogP contribution in [0.4, 0.5) is 0 Å². The average Bonchev–Trinajstić information content (AvgIpc) is 1.98. The number of hydrogen-bond acceptors (Lipinski definition) is 2. The van der Waals surface area contributed by atoms with Crippen molar-refractivity contribution in [1.29, 1.82) is 0 Å². The Morgan fingerprint density at radius 2 is 1.44 bits per heavy atom.